The van der Waals surface area contributed by atoms with Gasteiger partial charge in [0.25, 0.3) is 0 Å². The zero-order valence-electron chi connectivity index (χ0n) is 20.8. The molecule has 2 saturated carbocycles. The number of hydrogen-bond acceptors (Lipinski definition) is 3. The lowest BCUT2D eigenvalue weighted by Crippen LogP contribution is -2.37. The first-order chi connectivity index (χ1) is 14.7. The summed E-state index contributed by atoms with van der Waals surface area (Å²) in [6.45, 7) is 15.7. The first-order valence-electron chi connectivity index (χ1n) is 12.6. The van der Waals surface area contributed by atoms with Gasteiger partial charge in [0.1, 0.15) is 23.5 Å². The molecule has 31 heavy (non-hydrogen) atoms. The second kappa shape index (κ2) is 10.4. The number of carbonyl (C=O) groups is 1. The molecule has 0 bridgehead atoms. The van der Waals surface area contributed by atoms with Crippen molar-refractivity contribution < 1.29 is 14.3 Å². The molecule has 2 aliphatic rings. The highest BCUT2D eigenvalue weighted by Crippen LogP contribution is 2.39. The molecule has 0 aliphatic heterocycles. The van der Waals surface area contributed by atoms with Crippen LogP contribution in [0.3, 0.4) is 0 Å². The summed E-state index contributed by atoms with van der Waals surface area (Å²) < 4.78 is 12.8. The van der Waals surface area contributed by atoms with E-state index in [-0.39, 0.29) is 18.2 Å². The van der Waals surface area contributed by atoms with Gasteiger partial charge in [-0.3, -0.25) is 0 Å². The van der Waals surface area contributed by atoms with Crippen LogP contribution in [-0.4, -0.2) is 18.2 Å². The molecule has 0 amide bonds. The first kappa shape index (κ1) is 24.1. The summed E-state index contributed by atoms with van der Waals surface area (Å²) >= 11 is 0. The van der Waals surface area contributed by atoms with Crippen molar-refractivity contribution >= 4 is 5.97 Å². The Balaban J connectivity index is 1.82. The lowest BCUT2D eigenvalue weighted by atomic mass is 9.75. The van der Waals surface area contributed by atoms with Crippen LogP contribution in [0.15, 0.2) is 18.2 Å². The molecule has 3 nitrogen and oxygen atoms in total. The number of benzene rings is 1. The summed E-state index contributed by atoms with van der Waals surface area (Å²) in [6.07, 6.45) is 7.02. The molecule has 3 rings (SSSR count). The summed E-state index contributed by atoms with van der Waals surface area (Å²) in [4.78, 5) is 13.4. The fourth-order valence-corrected chi connectivity index (χ4v) is 5.82. The van der Waals surface area contributed by atoms with Crippen LogP contribution in [0.5, 0.6) is 5.75 Å². The molecular weight excluding hydrogens is 384 g/mol. The quantitative estimate of drug-likeness (QED) is 0.441. The van der Waals surface area contributed by atoms with E-state index in [4.69, 9.17) is 9.47 Å². The molecule has 3 heteroatoms. The van der Waals surface area contributed by atoms with E-state index in [0.29, 0.717) is 41.1 Å². The van der Waals surface area contributed by atoms with Gasteiger partial charge in [-0.2, -0.15) is 0 Å². The van der Waals surface area contributed by atoms with Crippen LogP contribution in [0, 0.1) is 42.4 Å². The van der Waals surface area contributed by atoms with Crippen molar-refractivity contribution in [3.05, 3.63) is 29.3 Å². The Hall–Kier alpha value is -1.51. The van der Waals surface area contributed by atoms with Gasteiger partial charge in [0.05, 0.1) is 0 Å². The zero-order valence-corrected chi connectivity index (χ0v) is 20.8. The molecular formula is C28H44O3. The van der Waals surface area contributed by atoms with E-state index in [9.17, 15) is 4.79 Å². The zero-order chi connectivity index (χ0) is 22.7. The molecule has 0 aromatic heterocycles. The smallest absolute Gasteiger partial charge is 0.342 e. The van der Waals surface area contributed by atoms with Crippen LogP contribution < -0.4 is 4.74 Å². The maximum Gasteiger partial charge on any atom is 0.342 e. The van der Waals surface area contributed by atoms with Crippen molar-refractivity contribution in [3.8, 4) is 5.75 Å². The van der Waals surface area contributed by atoms with Crippen molar-refractivity contribution in [1.29, 1.82) is 0 Å². The number of carbonyl (C=O) groups excluding carboxylic acids is 1. The summed E-state index contributed by atoms with van der Waals surface area (Å²) in [6, 6.07) is 5.88. The van der Waals surface area contributed by atoms with E-state index in [1.807, 2.05) is 25.1 Å². The molecule has 1 aromatic carbocycles. The SMILES string of the molecule is Cc1cccc(C(=O)O[C@@H]2C[C@H](C)CC[C@H]2C(C)C)c1O[C@@H]1C[C@H](C)CC[C@H]1C(C)C. The Morgan fingerprint density at radius 2 is 1.42 bits per heavy atom. The molecule has 0 spiro atoms. The Bertz CT molecular complexity index is 738. The Morgan fingerprint density at radius 3 is 2.00 bits per heavy atom. The van der Waals surface area contributed by atoms with Crippen molar-refractivity contribution in [2.24, 2.45) is 35.5 Å². The van der Waals surface area contributed by atoms with Crippen LogP contribution in [0.2, 0.25) is 0 Å². The minimum Gasteiger partial charge on any atom is -0.489 e. The van der Waals surface area contributed by atoms with Gasteiger partial charge in [0.2, 0.25) is 0 Å². The molecule has 0 unspecified atom stereocenters. The number of para-hydroxylation sites is 1. The molecule has 6 atom stereocenters. The standard InChI is InChI=1S/C28H44O3/c1-17(2)22-13-11-19(5)15-25(22)30-27-21(7)9-8-10-24(27)28(29)31-26-16-20(6)12-14-23(26)18(3)4/h8-10,17-20,22-23,25-26H,11-16H2,1-7H3/t19-,20-,22+,23+,25-,26-/m1/s1. The van der Waals surface area contributed by atoms with Gasteiger partial charge in [-0.05, 0) is 79.7 Å². The van der Waals surface area contributed by atoms with Crippen LogP contribution in [0.25, 0.3) is 0 Å². The molecule has 0 heterocycles. The number of hydrogen-bond donors (Lipinski definition) is 0. The van der Waals surface area contributed by atoms with E-state index >= 15 is 0 Å². The molecule has 2 fully saturated rings. The predicted molar refractivity (Wildman–Crippen MR) is 127 cm³/mol. The molecule has 1 aromatic rings. The van der Waals surface area contributed by atoms with Crippen LogP contribution in [0.4, 0.5) is 0 Å². The number of esters is 1. The van der Waals surface area contributed by atoms with E-state index in [0.717, 1.165) is 30.6 Å². The molecule has 174 valence electrons. The highest BCUT2D eigenvalue weighted by atomic mass is 16.5. The van der Waals surface area contributed by atoms with Crippen molar-refractivity contribution in [2.75, 3.05) is 0 Å². The second-order valence-electron chi connectivity index (χ2n) is 11.2. The lowest BCUT2D eigenvalue weighted by molar-refractivity contribution is -0.0182. The van der Waals surface area contributed by atoms with Crippen LogP contribution >= 0.6 is 0 Å². The van der Waals surface area contributed by atoms with E-state index < -0.39 is 0 Å². The van der Waals surface area contributed by atoms with Gasteiger partial charge in [0, 0.05) is 0 Å². The van der Waals surface area contributed by atoms with E-state index in [1.165, 1.54) is 19.3 Å². The van der Waals surface area contributed by atoms with Crippen molar-refractivity contribution in [1.82, 2.24) is 0 Å². The maximum atomic E-state index is 13.4. The maximum absolute atomic E-state index is 13.4. The average molecular weight is 429 g/mol. The van der Waals surface area contributed by atoms with Gasteiger partial charge < -0.3 is 9.47 Å². The van der Waals surface area contributed by atoms with E-state index in [2.05, 4.69) is 41.5 Å². The monoisotopic (exact) mass is 428 g/mol. The van der Waals surface area contributed by atoms with E-state index in [1.54, 1.807) is 0 Å². The first-order valence-corrected chi connectivity index (χ1v) is 12.6. The van der Waals surface area contributed by atoms with Gasteiger partial charge >= 0.3 is 5.97 Å². The highest BCUT2D eigenvalue weighted by Gasteiger charge is 2.36. The number of rotatable bonds is 6. The summed E-state index contributed by atoms with van der Waals surface area (Å²) in [7, 11) is 0. The van der Waals surface area contributed by atoms with Crippen molar-refractivity contribution in [3.63, 3.8) is 0 Å². The van der Waals surface area contributed by atoms with Crippen molar-refractivity contribution in [2.45, 2.75) is 99.2 Å². The van der Waals surface area contributed by atoms with Gasteiger partial charge in [-0.1, -0.05) is 66.5 Å². The van der Waals surface area contributed by atoms with Crippen LogP contribution in [0.1, 0.15) is 96.0 Å². The average Bonchev–Trinajstić information content (AvgIpc) is 2.69. The normalized spacial score (nSPS) is 31.6. The summed E-state index contributed by atoms with van der Waals surface area (Å²) in [5, 5.41) is 0. The molecule has 0 saturated heterocycles. The minimum absolute atomic E-state index is 0.00253. The Labute approximate surface area is 190 Å². The Kier molecular flexibility index (Phi) is 8.10. The molecule has 0 N–H and O–H groups in total. The van der Waals surface area contributed by atoms with Gasteiger partial charge in [-0.25, -0.2) is 4.79 Å². The topological polar surface area (TPSA) is 35.5 Å². The number of aryl methyl sites for hydroxylation is 1. The lowest BCUT2D eigenvalue weighted by Gasteiger charge is -2.38. The number of ether oxygens (including phenoxy) is 2. The summed E-state index contributed by atoms with van der Waals surface area (Å²) in [5.74, 6) is 3.87. The van der Waals surface area contributed by atoms with Gasteiger partial charge in [-0.15, -0.1) is 0 Å². The van der Waals surface area contributed by atoms with Gasteiger partial charge in [0.15, 0.2) is 0 Å². The fourth-order valence-electron chi connectivity index (χ4n) is 5.82. The predicted octanol–water partition coefficient (Wildman–Crippen LogP) is 7.45. The third kappa shape index (κ3) is 5.84. The van der Waals surface area contributed by atoms with Crippen LogP contribution in [-0.2, 0) is 4.74 Å². The summed E-state index contributed by atoms with van der Waals surface area (Å²) in [5.41, 5.74) is 1.62. The minimum atomic E-state index is -0.214. The third-order valence-corrected chi connectivity index (χ3v) is 7.88. The fraction of sp³-hybridized carbons (Fsp3) is 0.750. The third-order valence-electron chi connectivity index (χ3n) is 7.88. The second-order valence-corrected chi connectivity index (χ2v) is 11.2. The molecule has 2 aliphatic carbocycles. The molecule has 0 radical (unpaired) electrons. The largest absolute Gasteiger partial charge is 0.489 e. The Morgan fingerprint density at radius 1 is 0.871 bits per heavy atom. The highest BCUT2D eigenvalue weighted by molar-refractivity contribution is 5.93.